The predicted molar refractivity (Wildman–Crippen MR) is 89.2 cm³/mol. The summed E-state index contributed by atoms with van der Waals surface area (Å²) in [6.07, 6.45) is 3.04. The van der Waals surface area contributed by atoms with Gasteiger partial charge in [0.25, 0.3) is 5.91 Å². The molecule has 0 saturated heterocycles. The topological polar surface area (TPSA) is 77.2 Å². The van der Waals surface area contributed by atoms with Crippen LogP contribution >= 0.6 is 11.3 Å². The molecule has 120 valence electrons. The molecule has 0 atom stereocenters. The largest absolute Gasteiger partial charge is 0.493 e. The Bertz CT molecular complexity index is 825. The van der Waals surface area contributed by atoms with Crippen LogP contribution in [-0.2, 0) is 6.42 Å². The highest BCUT2D eigenvalue weighted by molar-refractivity contribution is 7.15. The number of benzene rings is 1. The number of nitrogens with zero attached hydrogens (tertiary/aromatic N) is 2. The second kappa shape index (κ2) is 6.78. The van der Waals surface area contributed by atoms with Crippen molar-refractivity contribution >= 4 is 33.3 Å². The molecule has 6 nitrogen and oxygen atoms in total. The molecule has 0 radical (unpaired) electrons. The minimum absolute atomic E-state index is 0.217. The second-order valence-corrected chi connectivity index (χ2v) is 6.11. The highest BCUT2D eigenvalue weighted by Crippen LogP contribution is 2.29. The smallest absolute Gasteiger partial charge is 0.293 e. The first-order valence-electron chi connectivity index (χ1n) is 7.41. The van der Waals surface area contributed by atoms with Crippen LogP contribution in [0.25, 0.3) is 11.0 Å². The van der Waals surface area contributed by atoms with Crippen LogP contribution < -0.4 is 10.1 Å². The van der Waals surface area contributed by atoms with E-state index in [2.05, 4.69) is 22.4 Å². The van der Waals surface area contributed by atoms with Crippen LogP contribution in [0.3, 0.4) is 0 Å². The van der Waals surface area contributed by atoms with Crippen LogP contribution in [0.2, 0.25) is 0 Å². The fraction of sp³-hybridized carbons (Fsp3) is 0.312. The third kappa shape index (κ3) is 3.34. The summed E-state index contributed by atoms with van der Waals surface area (Å²) in [5.41, 5.74) is 0.557. The summed E-state index contributed by atoms with van der Waals surface area (Å²) >= 11 is 1.39. The molecule has 2 aromatic heterocycles. The number of nitrogens with one attached hydrogen (secondary N) is 1. The van der Waals surface area contributed by atoms with E-state index in [1.165, 1.54) is 11.3 Å². The Morgan fingerprint density at radius 1 is 1.39 bits per heavy atom. The molecule has 0 spiro atoms. The Labute approximate surface area is 137 Å². The summed E-state index contributed by atoms with van der Waals surface area (Å²) in [6, 6.07) is 7.19. The molecule has 0 aliphatic carbocycles. The van der Waals surface area contributed by atoms with Crippen molar-refractivity contribution in [2.75, 3.05) is 12.4 Å². The van der Waals surface area contributed by atoms with E-state index in [4.69, 9.17) is 9.15 Å². The van der Waals surface area contributed by atoms with Gasteiger partial charge in [0.1, 0.15) is 5.01 Å². The van der Waals surface area contributed by atoms with Gasteiger partial charge in [-0.3, -0.25) is 10.1 Å². The molecule has 1 N–H and O–H groups in total. The molecule has 1 aromatic carbocycles. The SMILES string of the molecule is CCCCc1nnc(NC(=O)c2cc3cccc(OC)c3o2)s1. The molecular weight excluding hydrogens is 314 g/mol. The molecule has 0 aliphatic heterocycles. The number of ether oxygens (including phenoxy) is 1. The fourth-order valence-corrected chi connectivity index (χ4v) is 2.98. The molecule has 3 rings (SSSR count). The van der Waals surface area contributed by atoms with Crippen molar-refractivity contribution in [2.45, 2.75) is 26.2 Å². The van der Waals surface area contributed by atoms with E-state index < -0.39 is 0 Å². The summed E-state index contributed by atoms with van der Waals surface area (Å²) < 4.78 is 10.8. The highest BCUT2D eigenvalue weighted by atomic mass is 32.1. The molecule has 23 heavy (non-hydrogen) atoms. The molecule has 2 heterocycles. The summed E-state index contributed by atoms with van der Waals surface area (Å²) in [7, 11) is 1.57. The fourth-order valence-electron chi connectivity index (χ4n) is 2.20. The van der Waals surface area contributed by atoms with Gasteiger partial charge >= 0.3 is 0 Å². The van der Waals surface area contributed by atoms with Crippen molar-refractivity contribution in [1.29, 1.82) is 0 Å². The van der Waals surface area contributed by atoms with E-state index >= 15 is 0 Å². The van der Waals surface area contributed by atoms with E-state index in [-0.39, 0.29) is 11.7 Å². The number of carbonyl (C=O) groups is 1. The first kappa shape index (κ1) is 15.5. The number of furan rings is 1. The Hall–Kier alpha value is -2.41. The summed E-state index contributed by atoms with van der Waals surface area (Å²) in [5.74, 6) is 0.468. The lowest BCUT2D eigenvalue weighted by Gasteiger charge is -1.99. The molecule has 0 unspecified atom stereocenters. The zero-order valence-electron chi connectivity index (χ0n) is 13.0. The second-order valence-electron chi connectivity index (χ2n) is 5.05. The Kier molecular flexibility index (Phi) is 4.57. The maximum atomic E-state index is 12.3. The van der Waals surface area contributed by atoms with Crippen molar-refractivity contribution in [3.8, 4) is 5.75 Å². The molecule has 0 saturated carbocycles. The number of methoxy groups -OCH3 is 1. The number of aryl methyl sites for hydroxylation is 1. The zero-order valence-corrected chi connectivity index (χ0v) is 13.8. The van der Waals surface area contributed by atoms with Crippen LogP contribution in [0.15, 0.2) is 28.7 Å². The Morgan fingerprint density at radius 3 is 3.04 bits per heavy atom. The van der Waals surface area contributed by atoms with Gasteiger partial charge in [-0.05, 0) is 18.6 Å². The number of amides is 1. The molecule has 0 aliphatic rings. The summed E-state index contributed by atoms with van der Waals surface area (Å²) in [4.78, 5) is 12.3. The van der Waals surface area contributed by atoms with Crippen molar-refractivity contribution in [2.24, 2.45) is 0 Å². The van der Waals surface area contributed by atoms with Gasteiger partial charge in [0, 0.05) is 11.8 Å². The van der Waals surface area contributed by atoms with E-state index in [1.54, 1.807) is 19.2 Å². The number of aromatic nitrogens is 2. The lowest BCUT2D eigenvalue weighted by atomic mass is 10.2. The number of hydrogen-bond donors (Lipinski definition) is 1. The van der Waals surface area contributed by atoms with Gasteiger partial charge in [-0.15, -0.1) is 10.2 Å². The van der Waals surface area contributed by atoms with Crippen molar-refractivity contribution in [3.63, 3.8) is 0 Å². The first-order chi connectivity index (χ1) is 11.2. The molecular formula is C16H17N3O3S. The van der Waals surface area contributed by atoms with Crippen LogP contribution in [-0.4, -0.2) is 23.2 Å². The zero-order chi connectivity index (χ0) is 16.2. The molecule has 1 amide bonds. The van der Waals surface area contributed by atoms with Crippen LogP contribution in [0.1, 0.15) is 35.3 Å². The van der Waals surface area contributed by atoms with Crippen LogP contribution in [0, 0.1) is 0 Å². The number of para-hydroxylation sites is 1. The van der Waals surface area contributed by atoms with Gasteiger partial charge in [0.15, 0.2) is 17.1 Å². The van der Waals surface area contributed by atoms with Crippen molar-refractivity contribution in [3.05, 3.63) is 35.0 Å². The van der Waals surface area contributed by atoms with Gasteiger partial charge in [0.2, 0.25) is 5.13 Å². The number of anilines is 1. The first-order valence-corrected chi connectivity index (χ1v) is 8.23. The number of unbranched alkanes of at least 4 members (excludes halogenated alkanes) is 1. The maximum absolute atomic E-state index is 12.3. The maximum Gasteiger partial charge on any atom is 0.293 e. The van der Waals surface area contributed by atoms with E-state index in [1.807, 2.05) is 12.1 Å². The van der Waals surface area contributed by atoms with Crippen molar-refractivity contribution in [1.82, 2.24) is 10.2 Å². The highest BCUT2D eigenvalue weighted by Gasteiger charge is 2.16. The van der Waals surface area contributed by atoms with Gasteiger partial charge in [-0.2, -0.15) is 0 Å². The van der Waals surface area contributed by atoms with Gasteiger partial charge in [-0.25, -0.2) is 0 Å². The van der Waals surface area contributed by atoms with Crippen LogP contribution in [0.5, 0.6) is 5.75 Å². The average Bonchev–Trinajstić information content (AvgIpc) is 3.18. The third-order valence-corrected chi connectivity index (χ3v) is 4.28. The van der Waals surface area contributed by atoms with Gasteiger partial charge < -0.3 is 9.15 Å². The molecule has 0 bridgehead atoms. The van der Waals surface area contributed by atoms with Crippen LogP contribution in [0.4, 0.5) is 5.13 Å². The number of fused-ring (bicyclic) bond motifs is 1. The minimum Gasteiger partial charge on any atom is -0.493 e. The predicted octanol–water partition coefficient (Wildman–Crippen LogP) is 3.89. The monoisotopic (exact) mass is 331 g/mol. The molecule has 7 heteroatoms. The van der Waals surface area contributed by atoms with E-state index in [9.17, 15) is 4.79 Å². The minimum atomic E-state index is -0.346. The number of rotatable bonds is 6. The number of carbonyl (C=O) groups excluding carboxylic acids is 1. The summed E-state index contributed by atoms with van der Waals surface area (Å²) in [6.45, 7) is 2.12. The quantitative estimate of drug-likeness (QED) is 0.741. The van der Waals surface area contributed by atoms with E-state index in [0.717, 1.165) is 29.7 Å². The average molecular weight is 331 g/mol. The lowest BCUT2D eigenvalue weighted by Crippen LogP contribution is -2.10. The standard InChI is InChI=1S/C16H17N3O3S/c1-3-4-8-13-18-19-16(23-13)17-15(20)12-9-10-6-5-7-11(21-2)14(10)22-12/h5-7,9H,3-4,8H2,1-2H3,(H,17,19,20). The van der Waals surface area contributed by atoms with Gasteiger partial charge in [0.05, 0.1) is 7.11 Å². The number of hydrogen-bond acceptors (Lipinski definition) is 6. The normalized spacial score (nSPS) is 10.9. The Morgan fingerprint density at radius 2 is 2.26 bits per heavy atom. The molecule has 3 aromatic rings. The molecule has 0 fully saturated rings. The van der Waals surface area contributed by atoms with E-state index in [0.29, 0.717) is 16.5 Å². The Balaban J connectivity index is 1.76. The van der Waals surface area contributed by atoms with Gasteiger partial charge in [-0.1, -0.05) is 36.8 Å². The lowest BCUT2D eigenvalue weighted by molar-refractivity contribution is 0.0998. The summed E-state index contributed by atoms with van der Waals surface area (Å²) in [5, 5.41) is 13.0. The third-order valence-electron chi connectivity index (χ3n) is 3.38. The van der Waals surface area contributed by atoms with Crippen molar-refractivity contribution < 1.29 is 13.9 Å².